The van der Waals surface area contributed by atoms with Crippen molar-refractivity contribution in [1.29, 1.82) is 0 Å². The van der Waals surface area contributed by atoms with Crippen LogP contribution in [0.1, 0.15) is 41.2 Å². The molecule has 176 valence electrons. The summed E-state index contributed by atoms with van der Waals surface area (Å²) < 4.78 is 2.06. The molecule has 2 N–H and O–H groups in total. The molecule has 1 saturated heterocycles. The first kappa shape index (κ1) is 23.4. The highest BCUT2D eigenvalue weighted by Crippen LogP contribution is 2.32. The third-order valence-corrected chi connectivity index (χ3v) is 6.77. The second-order valence-electron chi connectivity index (χ2n) is 8.23. The molecule has 3 aromatic rings. The average molecular weight is 478 g/mol. The zero-order valence-electron chi connectivity index (χ0n) is 19.0. The van der Waals surface area contributed by atoms with Gasteiger partial charge in [-0.05, 0) is 56.0 Å². The molecule has 3 amide bonds. The Morgan fingerprint density at radius 3 is 2.76 bits per heavy atom. The predicted molar refractivity (Wildman–Crippen MR) is 135 cm³/mol. The number of aromatic nitrogens is 2. The standard InChI is InChI=1S/C25H27N5O3S/c1-4-20(31)27-21-13-17(15-34-21)24(33)28-25-26-19-11-8-9-16(3)23(19)30(25)18-10-6-7-12-29(14-18)22(32)5-2/h4-5,8-9,11,13,15,18H,1-2,6-7,10,12,14H2,3H3,(H,27,31)(H,26,28,33)/t18-/m1/s1. The van der Waals surface area contributed by atoms with Crippen LogP contribution in [0.3, 0.4) is 0 Å². The summed E-state index contributed by atoms with van der Waals surface area (Å²) in [5.41, 5.74) is 3.19. The fourth-order valence-electron chi connectivity index (χ4n) is 4.29. The Labute approximate surface area is 202 Å². The van der Waals surface area contributed by atoms with Crippen molar-refractivity contribution in [2.75, 3.05) is 23.7 Å². The molecule has 0 aliphatic carbocycles. The minimum absolute atomic E-state index is 0.0438. The summed E-state index contributed by atoms with van der Waals surface area (Å²) in [5, 5.41) is 7.87. The van der Waals surface area contributed by atoms with E-state index in [4.69, 9.17) is 4.98 Å². The van der Waals surface area contributed by atoms with Gasteiger partial charge in [-0.25, -0.2) is 4.98 Å². The molecule has 1 atom stereocenters. The van der Waals surface area contributed by atoms with Gasteiger partial charge in [0.15, 0.2) is 0 Å². The van der Waals surface area contributed by atoms with Crippen molar-refractivity contribution in [1.82, 2.24) is 14.5 Å². The van der Waals surface area contributed by atoms with E-state index in [9.17, 15) is 14.4 Å². The summed E-state index contributed by atoms with van der Waals surface area (Å²) in [5.74, 6) is -0.309. The maximum absolute atomic E-state index is 13.1. The van der Waals surface area contributed by atoms with Gasteiger partial charge in [0.1, 0.15) is 0 Å². The number of anilines is 2. The molecule has 4 rings (SSSR count). The Hall–Kier alpha value is -3.72. The Bertz CT molecular complexity index is 1270. The summed E-state index contributed by atoms with van der Waals surface area (Å²) in [6.07, 6.45) is 5.26. The molecule has 9 heteroatoms. The normalized spacial score (nSPS) is 16.0. The number of imidazole rings is 1. The van der Waals surface area contributed by atoms with Crippen LogP contribution in [0.4, 0.5) is 10.9 Å². The van der Waals surface area contributed by atoms with Gasteiger partial charge < -0.3 is 14.8 Å². The minimum Gasteiger partial charge on any atom is -0.337 e. The number of carbonyl (C=O) groups is 3. The first-order valence-electron chi connectivity index (χ1n) is 11.1. The lowest BCUT2D eigenvalue weighted by Crippen LogP contribution is -2.34. The lowest BCUT2D eigenvalue weighted by molar-refractivity contribution is -0.126. The number of hydrogen-bond acceptors (Lipinski definition) is 5. The number of amides is 3. The Morgan fingerprint density at radius 1 is 1.18 bits per heavy atom. The number of hydrogen-bond donors (Lipinski definition) is 2. The van der Waals surface area contributed by atoms with Crippen molar-refractivity contribution >= 4 is 51.0 Å². The molecule has 3 heterocycles. The van der Waals surface area contributed by atoms with Crippen LogP contribution in [0.25, 0.3) is 11.0 Å². The summed E-state index contributed by atoms with van der Waals surface area (Å²) in [6.45, 7) is 10.3. The van der Waals surface area contributed by atoms with Crippen LogP contribution in [0.2, 0.25) is 0 Å². The van der Waals surface area contributed by atoms with Crippen LogP contribution >= 0.6 is 11.3 Å². The zero-order valence-corrected chi connectivity index (χ0v) is 19.9. The quantitative estimate of drug-likeness (QED) is 0.510. The zero-order chi connectivity index (χ0) is 24.2. The second-order valence-corrected chi connectivity index (χ2v) is 9.14. The number of rotatable bonds is 6. The van der Waals surface area contributed by atoms with Crippen LogP contribution < -0.4 is 10.6 Å². The van der Waals surface area contributed by atoms with E-state index in [1.54, 1.807) is 11.4 Å². The van der Waals surface area contributed by atoms with E-state index in [1.165, 1.54) is 23.5 Å². The molecule has 1 aromatic carbocycles. The van der Waals surface area contributed by atoms with E-state index in [0.29, 0.717) is 29.6 Å². The monoisotopic (exact) mass is 477 g/mol. The Morgan fingerprint density at radius 2 is 2.00 bits per heavy atom. The summed E-state index contributed by atoms with van der Waals surface area (Å²) in [4.78, 5) is 43.6. The molecule has 0 spiro atoms. The average Bonchev–Trinajstić information content (AvgIpc) is 3.36. The molecule has 1 aliphatic rings. The number of para-hydroxylation sites is 1. The summed E-state index contributed by atoms with van der Waals surface area (Å²) >= 11 is 1.26. The van der Waals surface area contributed by atoms with E-state index < -0.39 is 0 Å². The maximum atomic E-state index is 13.1. The van der Waals surface area contributed by atoms with Crippen LogP contribution in [-0.2, 0) is 9.59 Å². The highest BCUT2D eigenvalue weighted by molar-refractivity contribution is 7.14. The highest BCUT2D eigenvalue weighted by Gasteiger charge is 2.27. The van der Waals surface area contributed by atoms with Crippen LogP contribution in [-0.4, -0.2) is 45.3 Å². The first-order valence-corrected chi connectivity index (χ1v) is 12.0. The molecule has 8 nitrogen and oxygen atoms in total. The van der Waals surface area contributed by atoms with Gasteiger partial charge in [0.25, 0.3) is 5.91 Å². The van der Waals surface area contributed by atoms with Gasteiger partial charge in [0, 0.05) is 18.5 Å². The third-order valence-electron chi connectivity index (χ3n) is 5.93. The van der Waals surface area contributed by atoms with E-state index in [-0.39, 0.29) is 23.8 Å². The van der Waals surface area contributed by atoms with Crippen LogP contribution in [0.15, 0.2) is 55.0 Å². The maximum Gasteiger partial charge on any atom is 0.258 e. The molecule has 0 radical (unpaired) electrons. The van der Waals surface area contributed by atoms with Crippen LogP contribution in [0.5, 0.6) is 0 Å². The number of carbonyl (C=O) groups excluding carboxylic acids is 3. The minimum atomic E-state index is -0.335. The van der Waals surface area contributed by atoms with Gasteiger partial charge in [-0.15, -0.1) is 11.3 Å². The lowest BCUT2D eigenvalue weighted by atomic mass is 10.1. The van der Waals surface area contributed by atoms with Gasteiger partial charge in [-0.2, -0.15) is 0 Å². The van der Waals surface area contributed by atoms with Crippen molar-refractivity contribution < 1.29 is 14.4 Å². The molecular weight excluding hydrogens is 450 g/mol. The summed E-state index contributed by atoms with van der Waals surface area (Å²) in [6, 6.07) is 7.45. The van der Waals surface area contributed by atoms with Crippen molar-refractivity contribution in [3.8, 4) is 0 Å². The second kappa shape index (κ2) is 10.0. The van der Waals surface area contributed by atoms with Crippen molar-refractivity contribution in [2.24, 2.45) is 0 Å². The fourth-order valence-corrected chi connectivity index (χ4v) is 5.07. The van der Waals surface area contributed by atoms with Gasteiger partial charge in [-0.1, -0.05) is 25.3 Å². The molecule has 1 aliphatic heterocycles. The van der Waals surface area contributed by atoms with E-state index in [2.05, 4.69) is 28.4 Å². The van der Waals surface area contributed by atoms with Crippen molar-refractivity contribution in [3.05, 3.63) is 66.1 Å². The smallest absolute Gasteiger partial charge is 0.258 e. The van der Waals surface area contributed by atoms with Gasteiger partial charge in [0.2, 0.25) is 17.8 Å². The number of nitrogens with one attached hydrogen (secondary N) is 2. The number of benzene rings is 1. The van der Waals surface area contributed by atoms with E-state index in [1.807, 2.05) is 30.0 Å². The Kier molecular flexibility index (Phi) is 6.93. The van der Waals surface area contributed by atoms with E-state index >= 15 is 0 Å². The largest absolute Gasteiger partial charge is 0.337 e. The topological polar surface area (TPSA) is 96.3 Å². The number of fused-ring (bicyclic) bond motifs is 1. The fraction of sp³-hybridized carbons (Fsp3) is 0.280. The Balaban J connectivity index is 1.69. The lowest BCUT2D eigenvalue weighted by Gasteiger charge is -2.26. The number of likely N-dealkylation sites (tertiary alicyclic amines) is 1. The number of thiophene rings is 1. The van der Waals surface area contributed by atoms with E-state index in [0.717, 1.165) is 35.9 Å². The number of nitrogens with zero attached hydrogens (tertiary/aromatic N) is 3. The molecule has 34 heavy (non-hydrogen) atoms. The predicted octanol–water partition coefficient (Wildman–Crippen LogP) is 4.52. The SMILES string of the molecule is C=CC(=O)Nc1cc(C(=O)Nc2nc3cccc(C)c3n2[C@@H]2CCCCN(C(=O)C=C)C2)cs1. The first-order chi connectivity index (χ1) is 16.4. The van der Waals surface area contributed by atoms with Gasteiger partial charge in [-0.3, -0.25) is 19.7 Å². The molecule has 0 bridgehead atoms. The van der Waals surface area contributed by atoms with Crippen molar-refractivity contribution in [2.45, 2.75) is 32.2 Å². The molecule has 0 unspecified atom stereocenters. The van der Waals surface area contributed by atoms with Crippen LogP contribution in [0, 0.1) is 6.92 Å². The third kappa shape index (κ3) is 4.79. The molecule has 2 aromatic heterocycles. The number of aryl methyl sites for hydroxylation is 1. The van der Waals surface area contributed by atoms with Gasteiger partial charge >= 0.3 is 0 Å². The molecule has 0 saturated carbocycles. The van der Waals surface area contributed by atoms with Crippen molar-refractivity contribution in [3.63, 3.8) is 0 Å². The highest BCUT2D eigenvalue weighted by atomic mass is 32.1. The molecule has 1 fully saturated rings. The molecular formula is C25H27N5O3S. The summed E-state index contributed by atoms with van der Waals surface area (Å²) in [7, 11) is 0. The van der Waals surface area contributed by atoms with Gasteiger partial charge in [0.05, 0.1) is 27.6 Å².